The van der Waals surface area contributed by atoms with Crippen LogP contribution in [-0.4, -0.2) is 36.6 Å². The van der Waals surface area contributed by atoms with Crippen molar-refractivity contribution >= 4 is 11.7 Å². The van der Waals surface area contributed by atoms with E-state index in [0.717, 1.165) is 12.1 Å². The molecule has 0 saturated carbocycles. The number of methoxy groups -OCH3 is 1. The Labute approximate surface area is 191 Å². The van der Waals surface area contributed by atoms with Gasteiger partial charge in [-0.3, -0.25) is 10.2 Å². The van der Waals surface area contributed by atoms with Crippen LogP contribution in [0.2, 0.25) is 0 Å². The van der Waals surface area contributed by atoms with Crippen LogP contribution in [0.15, 0.2) is 54.2 Å². The summed E-state index contributed by atoms with van der Waals surface area (Å²) in [6.45, 7) is 1.13. The van der Waals surface area contributed by atoms with Crippen molar-refractivity contribution in [3.05, 3.63) is 71.2 Å². The molecular weight excluding hydrogens is 468 g/mol. The molecule has 0 spiro atoms. The Morgan fingerprint density at radius 2 is 1.76 bits per heavy atom. The van der Waals surface area contributed by atoms with Crippen LogP contribution in [0, 0.1) is 5.41 Å². The molecular formula is C22H21F6N3O3. The van der Waals surface area contributed by atoms with Crippen LogP contribution in [0.5, 0.6) is 5.75 Å². The number of aromatic nitrogens is 1. The number of hydrogen-bond donors (Lipinski definition) is 2. The smallest absolute Gasteiger partial charge is 0.433 e. The second-order valence-corrected chi connectivity index (χ2v) is 6.84. The molecule has 2 N–H and O–H groups in total. The van der Waals surface area contributed by atoms with Gasteiger partial charge in [-0.05, 0) is 42.8 Å². The van der Waals surface area contributed by atoms with Gasteiger partial charge in [0.05, 0.1) is 19.4 Å². The molecule has 12 heteroatoms. The standard InChI is InChI=1S/C22H21F6N3O3/c1-3-34-20(32)19(15-5-4-6-18(31-15)22(26,27)28)16(11-17(29)21(23,24)25)30-12-13-7-9-14(33-2)10-8-13/h4-11,19,29-30H,3,12H2,1-2H3/b16-11-,29-17?. The fraction of sp³-hybridized carbons (Fsp3) is 0.318. The van der Waals surface area contributed by atoms with Gasteiger partial charge in [0.15, 0.2) is 0 Å². The third-order valence-electron chi connectivity index (χ3n) is 4.45. The average molecular weight is 489 g/mol. The summed E-state index contributed by atoms with van der Waals surface area (Å²) < 4.78 is 88.8. The Bertz CT molecular complexity index is 1030. The van der Waals surface area contributed by atoms with Gasteiger partial charge in [-0.2, -0.15) is 26.3 Å². The molecule has 34 heavy (non-hydrogen) atoms. The molecule has 1 aromatic heterocycles. The van der Waals surface area contributed by atoms with E-state index in [4.69, 9.17) is 14.9 Å². The van der Waals surface area contributed by atoms with E-state index in [-0.39, 0.29) is 13.2 Å². The summed E-state index contributed by atoms with van der Waals surface area (Å²) in [5.41, 5.74) is -3.57. The predicted molar refractivity (Wildman–Crippen MR) is 110 cm³/mol. The number of alkyl halides is 6. The first-order valence-electron chi connectivity index (χ1n) is 9.81. The number of carbonyl (C=O) groups excluding carboxylic acids is 1. The Balaban J connectivity index is 2.54. The minimum atomic E-state index is -5.06. The molecule has 1 heterocycles. The van der Waals surface area contributed by atoms with Crippen LogP contribution in [0.3, 0.4) is 0 Å². The zero-order valence-corrected chi connectivity index (χ0v) is 18.1. The van der Waals surface area contributed by atoms with Gasteiger partial charge in [0.25, 0.3) is 0 Å². The van der Waals surface area contributed by atoms with Crippen molar-refractivity contribution in [3.8, 4) is 5.75 Å². The van der Waals surface area contributed by atoms with Gasteiger partial charge >= 0.3 is 18.3 Å². The molecule has 1 aromatic carbocycles. The predicted octanol–water partition coefficient (Wildman–Crippen LogP) is 5.01. The molecule has 0 aliphatic heterocycles. The first-order valence-corrected chi connectivity index (χ1v) is 9.81. The molecule has 0 radical (unpaired) electrons. The van der Waals surface area contributed by atoms with Gasteiger partial charge in [0, 0.05) is 12.2 Å². The van der Waals surface area contributed by atoms with E-state index >= 15 is 0 Å². The molecule has 0 fully saturated rings. The second kappa shape index (κ2) is 11.0. The van der Waals surface area contributed by atoms with Gasteiger partial charge in [0.1, 0.15) is 23.1 Å². The molecule has 0 saturated heterocycles. The number of benzene rings is 1. The van der Waals surface area contributed by atoms with Crippen molar-refractivity contribution in [1.82, 2.24) is 10.3 Å². The van der Waals surface area contributed by atoms with Crippen molar-refractivity contribution in [3.63, 3.8) is 0 Å². The average Bonchev–Trinajstić information content (AvgIpc) is 2.77. The summed E-state index contributed by atoms with van der Waals surface area (Å²) in [5, 5.41) is 9.97. The zero-order valence-electron chi connectivity index (χ0n) is 18.1. The normalized spacial score (nSPS) is 13.2. The summed E-state index contributed by atoms with van der Waals surface area (Å²) in [6, 6.07) is 9.09. The highest BCUT2D eigenvalue weighted by Crippen LogP contribution is 2.31. The van der Waals surface area contributed by atoms with Crippen molar-refractivity contribution in [2.24, 2.45) is 0 Å². The number of pyridine rings is 1. The molecule has 0 aliphatic rings. The third kappa shape index (κ3) is 7.22. The van der Waals surface area contributed by atoms with E-state index < -0.39 is 47.0 Å². The van der Waals surface area contributed by atoms with E-state index in [9.17, 15) is 31.1 Å². The highest BCUT2D eigenvalue weighted by molar-refractivity contribution is 5.98. The number of esters is 1. The Hall–Kier alpha value is -3.57. The first-order chi connectivity index (χ1) is 15.9. The number of halogens is 6. The largest absolute Gasteiger partial charge is 0.497 e. The molecule has 0 aliphatic carbocycles. The van der Waals surface area contributed by atoms with Crippen molar-refractivity contribution in [1.29, 1.82) is 5.41 Å². The summed E-state index contributed by atoms with van der Waals surface area (Å²) in [7, 11) is 1.45. The lowest BCUT2D eigenvalue weighted by Gasteiger charge is -2.22. The highest BCUT2D eigenvalue weighted by atomic mass is 19.4. The lowest BCUT2D eigenvalue weighted by molar-refractivity contribution is -0.145. The van der Waals surface area contributed by atoms with E-state index in [0.29, 0.717) is 23.5 Å². The Morgan fingerprint density at radius 1 is 1.12 bits per heavy atom. The van der Waals surface area contributed by atoms with Crippen molar-refractivity contribution < 1.29 is 40.6 Å². The fourth-order valence-electron chi connectivity index (χ4n) is 2.82. The van der Waals surface area contributed by atoms with Crippen LogP contribution in [-0.2, 0) is 22.3 Å². The van der Waals surface area contributed by atoms with Crippen LogP contribution in [0.4, 0.5) is 26.3 Å². The summed E-state index contributed by atoms with van der Waals surface area (Å²) in [6.07, 6.45) is -9.57. The van der Waals surface area contributed by atoms with Gasteiger partial charge in [-0.15, -0.1) is 0 Å². The van der Waals surface area contributed by atoms with Gasteiger partial charge in [0.2, 0.25) is 0 Å². The number of nitrogens with zero attached hydrogens (tertiary/aromatic N) is 1. The summed E-state index contributed by atoms with van der Waals surface area (Å²) in [5.74, 6) is -2.38. The lowest BCUT2D eigenvalue weighted by Crippen LogP contribution is -2.30. The Kier molecular flexibility index (Phi) is 8.66. The van der Waals surface area contributed by atoms with Gasteiger partial charge in [-0.25, -0.2) is 4.98 Å². The molecule has 0 bridgehead atoms. The molecule has 6 nitrogen and oxygen atoms in total. The minimum absolute atomic E-state index is 0.115. The topological polar surface area (TPSA) is 84.3 Å². The third-order valence-corrected chi connectivity index (χ3v) is 4.45. The van der Waals surface area contributed by atoms with Gasteiger partial charge < -0.3 is 14.8 Å². The van der Waals surface area contributed by atoms with Crippen LogP contribution in [0.25, 0.3) is 0 Å². The van der Waals surface area contributed by atoms with Crippen LogP contribution in [0.1, 0.15) is 29.8 Å². The Morgan fingerprint density at radius 3 is 2.29 bits per heavy atom. The van der Waals surface area contributed by atoms with Gasteiger partial charge in [-0.1, -0.05) is 18.2 Å². The fourth-order valence-corrected chi connectivity index (χ4v) is 2.82. The van der Waals surface area contributed by atoms with E-state index in [2.05, 4.69) is 10.3 Å². The number of allylic oxidation sites excluding steroid dienone is 1. The maximum absolute atomic E-state index is 13.2. The molecule has 1 atom stereocenters. The molecule has 1 unspecified atom stereocenters. The zero-order chi connectivity index (χ0) is 25.5. The van der Waals surface area contributed by atoms with Crippen molar-refractivity contribution in [2.45, 2.75) is 31.7 Å². The number of nitrogens with one attached hydrogen (secondary N) is 2. The first kappa shape index (κ1) is 26.7. The highest BCUT2D eigenvalue weighted by Gasteiger charge is 2.37. The lowest BCUT2D eigenvalue weighted by atomic mass is 9.98. The second-order valence-electron chi connectivity index (χ2n) is 6.84. The van der Waals surface area contributed by atoms with Crippen LogP contribution < -0.4 is 10.1 Å². The minimum Gasteiger partial charge on any atom is -0.497 e. The molecule has 2 aromatic rings. The number of carbonyl (C=O) groups is 1. The summed E-state index contributed by atoms with van der Waals surface area (Å²) >= 11 is 0. The van der Waals surface area contributed by atoms with E-state index in [1.54, 1.807) is 24.3 Å². The van der Waals surface area contributed by atoms with Crippen molar-refractivity contribution in [2.75, 3.05) is 13.7 Å². The monoisotopic (exact) mass is 489 g/mol. The van der Waals surface area contributed by atoms with E-state index in [1.165, 1.54) is 14.0 Å². The number of hydrogen-bond acceptors (Lipinski definition) is 6. The van der Waals surface area contributed by atoms with Crippen LogP contribution >= 0.6 is 0 Å². The summed E-state index contributed by atoms with van der Waals surface area (Å²) in [4.78, 5) is 16.1. The SMILES string of the molecule is CCOC(=O)C(/C(=C/C(=N)C(F)(F)F)NCc1ccc(OC)cc1)c1cccc(C(F)(F)F)n1. The molecule has 0 amide bonds. The number of ether oxygens (including phenoxy) is 2. The van der Waals surface area contributed by atoms with E-state index in [1.807, 2.05) is 0 Å². The quantitative estimate of drug-likeness (QED) is 0.294. The maximum atomic E-state index is 13.2. The number of rotatable bonds is 9. The maximum Gasteiger partial charge on any atom is 0.433 e. The molecule has 2 rings (SSSR count). The molecule has 184 valence electrons.